The first-order valence-corrected chi connectivity index (χ1v) is 7.02. The Bertz CT molecular complexity index is 628. The molecule has 1 fully saturated rings. The lowest BCUT2D eigenvalue weighted by Crippen LogP contribution is -2.48. The number of hydrogen-bond donors (Lipinski definition) is 0. The maximum Gasteiger partial charge on any atom is 0.272 e. The molecular weight excluding hydrogens is 254 g/mol. The third kappa shape index (κ3) is 2.27. The minimum absolute atomic E-state index is 0.0382. The lowest BCUT2D eigenvalue weighted by molar-refractivity contribution is 0.0634. The number of aryl methyl sites for hydroxylation is 1. The Morgan fingerprint density at radius 1 is 1.30 bits per heavy atom. The highest BCUT2D eigenvalue weighted by molar-refractivity contribution is 5.93. The number of carbonyl (C=O) groups excluding carboxylic acids is 1. The Balaban J connectivity index is 1.86. The molecule has 20 heavy (non-hydrogen) atoms. The van der Waals surface area contributed by atoms with Gasteiger partial charge in [-0.1, -0.05) is 6.92 Å². The van der Waals surface area contributed by atoms with E-state index in [0.717, 1.165) is 44.1 Å². The van der Waals surface area contributed by atoms with E-state index in [1.165, 1.54) is 0 Å². The topological polar surface area (TPSA) is 53.7 Å². The fraction of sp³-hybridized carbons (Fsp3) is 0.500. The number of likely N-dealkylation sites (N-methyl/N-ethyl adjacent to an activating group) is 1. The monoisotopic (exact) mass is 273 g/mol. The van der Waals surface area contributed by atoms with Gasteiger partial charge in [0.2, 0.25) is 0 Å². The van der Waals surface area contributed by atoms with Crippen molar-refractivity contribution in [1.82, 2.24) is 24.4 Å². The SMILES string of the molecule is CCN1CCN(C(=O)c2ccnc3cc(C)nn23)CC1. The quantitative estimate of drug-likeness (QED) is 0.813. The van der Waals surface area contributed by atoms with Crippen LogP contribution >= 0.6 is 0 Å². The Morgan fingerprint density at radius 3 is 2.75 bits per heavy atom. The summed E-state index contributed by atoms with van der Waals surface area (Å²) >= 11 is 0. The second-order valence-corrected chi connectivity index (χ2v) is 5.11. The number of nitrogens with zero attached hydrogens (tertiary/aromatic N) is 5. The second-order valence-electron chi connectivity index (χ2n) is 5.11. The van der Waals surface area contributed by atoms with Crippen LogP contribution in [0, 0.1) is 6.92 Å². The molecule has 1 saturated heterocycles. The molecule has 0 unspecified atom stereocenters. The fourth-order valence-corrected chi connectivity index (χ4v) is 2.60. The molecule has 0 bridgehead atoms. The Morgan fingerprint density at radius 2 is 2.05 bits per heavy atom. The molecule has 3 heterocycles. The van der Waals surface area contributed by atoms with Crippen molar-refractivity contribution in [1.29, 1.82) is 0 Å². The van der Waals surface area contributed by atoms with Gasteiger partial charge < -0.3 is 9.80 Å². The molecule has 0 atom stereocenters. The van der Waals surface area contributed by atoms with Gasteiger partial charge in [-0.25, -0.2) is 9.50 Å². The minimum Gasteiger partial charge on any atom is -0.335 e. The van der Waals surface area contributed by atoms with E-state index in [9.17, 15) is 4.79 Å². The van der Waals surface area contributed by atoms with Gasteiger partial charge in [0.1, 0.15) is 5.69 Å². The van der Waals surface area contributed by atoms with E-state index in [0.29, 0.717) is 5.69 Å². The van der Waals surface area contributed by atoms with Crippen LogP contribution < -0.4 is 0 Å². The lowest BCUT2D eigenvalue weighted by Gasteiger charge is -2.34. The molecule has 2 aromatic heterocycles. The number of aromatic nitrogens is 3. The Hall–Kier alpha value is -1.95. The van der Waals surface area contributed by atoms with Gasteiger partial charge in [0.25, 0.3) is 5.91 Å². The molecule has 106 valence electrons. The zero-order valence-electron chi connectivity index (χ0n) is 11.9. The zero-order valence-corrected chi connectivity index (χ0v) is 11.9. The molecular formula is C14H19N5O. The lowest BCUT2D eigenvalue weighted by atomic mass is 10.2. The second kappa shape index (κ2) is 5.20. The summed E-state index contributed by atoms with van der Waals surface area (Å²) in [7, 11) is 0. The molecule has 6 nitrogen and oxygen atoms in total. The Kier molecular flexibility index (Phi) is 3.40. The van der Waals surface area contributed by atoms with E-state index in [1.807, 2.05) is 17.9 Å². The maximum atomic E-state index is 12.6. The Labute approximate surface area is 118 Å². The van der Waals surface area contributed by atoms with Gasteiger partial charge in [0.05, 0.1) is 5.69 Å². The van der Waals surface area contributed by atoms with E-state index >= 15 is 0 Å². The summed E-state index contributed by atoms with van der Waals surface area (Å²) in [6, 6.07) is 3.62. The summed E-state index contributed by atoms with van der Waals surface area (Å²) in [5, 5.41) is 4.36. The molecule has 0 aromatic carbocycles. The highest BCUT2D eigenvalue weighted by Gasteiger charge is 2.23. The molecule has 0 spiro atoms. The predicted molar refractivity (Wildman–Crippen MR) is 75.7 cm³/mol. The maximum absolute atomic E-state index is 12.6. The highest BCUT2D eigenvalue weighted by atomic mass is 16.2. The largest absolute Gasteiger partial charge is 0.335 e. The van der Waals surface area contributed by atoms with Crippen molar-refractivity contribution in [2.75, 3.05) is 32.7 Å². The third-order valence-electron chi connectivity index (χ3n) is 3.81. The number of hydrogen-bond acceptors (Lipinski definition) is 4. The summed E-state index contributed by atoms with van der Waals surface area (Å²) in [6.07, 6.45) is 1.67. The summed E-state index contributed by atoms with van der Waals surface area (Å²) < 4.78 is 1.64. The molecule has 3 rings (SSSR count). The first-order valence-electron chi connectivity index (χ1n) is 7.02. The predicted octanol–water partition coefficient (Wildman–Crippen LogP) is 0.815. The van der Waals surface area contributed by atoms with Gasteiger partial charge in [0.15, 0.2) is 5.65 Å². The van der Waals surface area contributed by atoms with E-state index in [-0.39, 0.29) is 5.91 Å². The van der Waals surface area contributed by atoms with Gasteiger partial charge in [-0.05, 0) is 19.5 Å². The molecule has 1 amide bonds. The van der Waals surface area contributed by atoms with Crippen LogP contribution in [0.15, 0.2) is 18.3 Å². The summed E-state index contributed by atoms with van der Waals surface area (Å²) in [4.78, 5) is 21.1. The van der Waals surface area contributed by atoms with Crippen LogP contribution in [0.3, 0.4) is 0 Å². The van der Waals surface area contributed by atoms with Crippen molar-refractivity contribution in [3.05, 3.63) is 29.7 Å². The molecule has 1 aliphatic heterocycles. The number of piperazine rings is 1. The van der Waals surface area contributed by atoms with Crippen molar-refractivity contribution in [3.63, 3.8) is 0 Å². The molecule has 0 radical (unpaired) electrons. The van der Waals surface area contributed by atoms with Gasteiger partial charge in [-0.3, -0.25) is 4.79 Å². The van der Waals surface area contributed by atoms with Crippen LogP contribution in [0.5, 0.6) is 0 Å². The fourth-order valence-electron chi connectivity index (χ4n) is 2.60. The van der Waals surface area contributed by atoms with Crippen LogP contribution in [-0.4, -0.2) is 63.0 Å². The zero-order chi connectivity index (χ0) is 14.1. The van der Waals surface area contributed by atoms with Gasteiger partial charge in [-0.15, -0.1) is 0 Å². The van der Waals surface area contributed by atoms with Crippen LogP contribution in [0.1, 0.15) is 23.1 Å². The highest BCUT2D eigenvalue weighted by Crippen LogP contribution is 2.11. The smallest absolute Gasteiger partial charge is 0.272 e. The van der Waals surface area contributed by atoms with Gasteiger partial charge in [-0.2, -0.15) is 5.10 Å². The average Bonchev–Trinajstić information content (AvgIpc) is 2.86. The first-order chi connectivity index (χ1) is 9.69. The average molecular weight is 273 g/mol. The standard InChI is InChI=1S/C14H19N5O/c1-3-17-6-8-18(9-7-17)14(20)12-4-5-15-13-10-11(2)16-19(12)13/h4-5,10H,3,6-9H2,1-2H3. The van der Waals surface area contributed by atoms with Crippen LogP contribution in [-0.2, 0) is 0 Å². The number of carbonyl (C=O) groups is 1. The molecule has 0 aliphatic carbocycles. The van der Waals surface area contributed by atoms with Crippen LogP contribution in [0.2, 0.25) is 0 Å². The first kappa shape index (κ1) is 13.1. The van der Waals surface area contributed by atoms with E-state index in [1.54, 1.807) is 16.8 Å². The van der Waals surface area contributed by atoms with Crippen molar-refractivity contribution in [3.8, 4) is 0 Å². The van der Waals surface area contributed by atoms with Gasteiger partial charge >= 0.3 is 0 Å². The number of rotatable bonds is 2. The van der Waals surface area contributed by atoms with Crippen molar-refractivity contribution >= 4 is 11.6 Å². The van der Waals surface area contributed by atoms with E-state index in [2.05, 4.69) is 21.9 Å². The molecule has 0 saturated carbocycles. The third-order valence-corrected chi connectivity index (χ3v) is 3.81. The normalized spacial score (nSPS) is 16.8. The van der Waals surface area contributed by atoms with Crippen molar-refractivity contribution in [2.24, 2.45) is 0 Å². The molecule has 0 N–H and O–H groups in total. The minimum atomic E-state index is 0.0382. The van der Waals surface area contributed by atoms with Gasteiger partial charge in [0, 0.05) is 38.4 Å². The molecule has 6 heteroatoms. The van der Waals surface area contributed by atoms with Crippen molar-refractivity contribution in [2.45, 2.75) is 13.8 Å². The van der Waals surface area contributed by atoms with E-state index < -0.39 is 0 Å². The number of amides is 1. The summed E-state index contributed by atoms with van der Waals surface area (Å²) in [6.45, 7) is 8.52. The molecule has 1 aliphatic rings. The van der Waals surface area contributed by atoms with Crippen molar-refractivity contribution < 1.29 is 4.79 Å². The summed E-state index contributed by atoms with van der Waals surface area (Å²) in [5.41, 5.74) is 2.18. The van der Waals surface area contributed by atoms with E-state index in [4.69, 9.17) is 0 Å². The number of fused-ring (bicyclic) bond motifs is 1. The van der Waals surface area contributed by atoms with Crippen LogP contribution in [0.4, 0.5) is 0 Å². The molecule has 2 aromatic rings. The summed E-state index contributed by atoms with van der Waals surface area (Å²) in [5.74, 6) is 0.0382. The van der Waals surface area contributed by atoms with Crippen LogP contribution in [0.25, 0.3) is 5.65 Å².